The van der Waals surface area contributed by atoms with Crippen molar-refractivity contribution in [3.63, 3.8) is 0 Å². The highest BCUT2D eigenvalue weighted by Crippen LogP contribution is 2.24. The van der Waals surface area contributed by atoms with E-state index in [1.165, 1.54) is 23.9 Å². The molecule has 0 unspecified atom stereocenters. The van der Waals surface area contributed by atoms with Crippen LogP contribution in [0.15, 0.2) is 58.2 Å². The molecule has 3 rings (SSSR count). The van der Waals surface area contributed by atoms with E-state index >= 15 is 0 Å². The molecule has 0 saturated carbocycles. The number of nitrogens with one attached hydrogen (secondary N) is 1. The molecule has 2 N–H and O–H groups in total. The van der Waals surface area contributed by atoms with Crippen LogP contribution in [-0.4, -0.2) is 33.0 Å². The minimum Gasteiger partial charge on any atom is -0.476 e. The van der Waals surface area contributed by atoms with Crippen molar-refractivity contribution in [2.45, 2.75) is 11.4 Å². The zero-order chi connectivity index (χ0) is 18.7. The Bertz CT molecular complexity index is 1060. The summed E-state index contributed by atoms with van der Waals surface area (Å²) in [4.78, 5) is 37.2. The molecule has 0 saturated heterocycles. The molecule has 0 atom stereocenters. The fourth-order valence-corrected chi connectivity index (χ4v) is 3.13. The minimum atomic E-state index is -1.26. The van der Waals surface area contributed by atoms with Gasteiger partial charge in [-0.15, -0.1) is 11.8 Å². The molecule has 0 fully saturated rings. The monoisotopic (exact) mass is 369 g/mol. The summed E-state index contributed by atoms with van der Waals surface area (Å²) < 4.78 is 0.878. The van der Waals surface area contributed by atoms with Gasteiger partial charge in [0.1, 0.15) is 6.54 Å². The second kappa shape index (κ2) is 7.40. The number of aromatic carboxylic acids is 1. The van der Waals surface area contributed by atoms with Crippen molar-refractivity contribution in [3.8, 4) is 0 Å². The first-order valence-corrected chi connectivity index (χ1v) is 8.89. The molecular weight excluding hydrogens is 354 g/mol. The van der Waals surface area contributed by atoms with Crippen molar-refractivity contribution in [2.24, 2.45) is 0 Å². The molecule has 1 heterocycles. The number of carboxylic acids is 1. The highest BCUT2D eigenvalue weighted by molar-refractivity contribution is 7.98. The van der Waals surface area contributed by atoms with E-state index in [9.17, 15) is 19.5 Å². The van der Waals surface area contributed by atoms with Crippen molar-refractivity contribution < 1.29 is 14.7 Å². The maximum absolute atomic E-state index is 12.5. The van der Waals surface area contributed by atoms with Gasteiger partial charge >= 0.3 is 5.97 Å². The molecule has 2 aromatic carbocycles. The fraction of sp³-hybridized carbons (Fsp3) is 0.111. The number of para-hydroxylation sites is 1. The van der Waals surface area contributed by atoms with Crippen LogP contribution in [0.1, 0.15) is 10.5 Å². The summed E-state index contributed by atoms with van der Waals surface area (Å²) in [7, 11) is 0. The quantitative estimate of drug-likeness (QED) is 0.670. The molecule has 0 bridgehead atoms. The van der Waals surface area contributed by atoms with Crippen LogP contribution >= 0.6 is 11.8 Å². The van der Waals surface area contributed by atoms with Gasteiger partial charge < -0.3 is 10.4 Å². The molecule has 1 amide bonds. The molecule has 26 heavy (non-hydrogen) atoms. The van der Waals surface area contributed by atoms with Gasteiger partial charge in [-0.25, -0.2) is 9.48 Å². The number of nitrogens with zero attached hydrogens (tertiary/aromatic N) is 2. The number of fused-ring (bicyclic) bond motifs is 1. The van der Waals surface area contributed by atoms with Crippen molar-refractivity contribution in [2.75, 3.05) is 11.6 Å². The van der Waals surface area contributed by atoms with Gasteiger partial charge in [0.05, 0.1) is 11.1 Å². The predicted molar refractivity (Wildman–Crippen MR) is 99.8 cm³/mol. The summed E-state index contributed by atoms with van der Waals surface area (Å²) in [6.07, 6.45) is 1.89. The molecule has 1 aromatic heterocycles. The summed E-state index contributed by atoms with van der Waals surface area (Å²) >= 11 is 1.48. The highest BCUT2D eigenvalue weighted by Gasteiger charge is 2.17. The third-order valence-corrected chi connectivity index (χ3v) is 4.54. The van der Waals surface area contributed by atoms with Crippen molar-refractivity contribution in [1.29, 1.82) is 0 Å². The number of hydrogen-bond acceptors (Lipinski definition) is 5. The molecule has 0 aliphatic heterocycles. The first kappa shape index (κ1) is 17.7. The second-order valence-electron chi connectivity index (χ2n) is 5.41. The number of rotatable bonds is 5. The van der Waals surface area contributed by atoms with Crippen LogP contribution in [0.25, 0.3) is 10.8 Å². The van der Waals surface area contributed by atoms with E-state index < -0.39 is 17.4 Å². The maximum Gasteiger partial charge on any atom is 0.357 e. The van der Waals surface area contributed by atoms with Crippen LogP contribution in [0.2, 0.25) is 0 Å². The third-order valence-electron chi connectivity index (χ3n) is 3.74. The van der Waals surface area contributed by atoms with E-state index in [2.05, 4.69) is 10.4 Å². The van der Waals surface area contributed by atoms with Crippen LogP contribution in [0.3, 0.4) is 0 Å². The SMILES string of the molecule is CSc1ccccc1NC(=O)Cn1nc(C(=O)O)c2ccccc2c1=O. The fourth-order valence-electron chi connectivity index (χ4n) is 2.57. The van der Waals surface area contributed by atoms with Crippen LogP contribution in [0.5, 0.6) is 0 Å². The van der Waals surface area contributed by atoms with Gasteiger partial charge in [0.15, 0.2) is 5.69 Å². The van der Waals surface area contributed by atoms with Crippen LogP contribution in [0.4, 0.5) is 5.69 Å². The third kappa shape index (κ3) is 3.45. The Kier molecular flexibility index (Phi) is 5.04. The number of carbonyl (C=O) groups is 2. The van der Waals surface area contributed by atoms with E-state index in [1.807, 2.05) is 18.4 Å². The van der Waals surface area contributed by atoms with Crippen molar-refractivity contribution in [3.05, 3.63) is 64.6 Å². The van der Waals surface area contributed by atoms with Gasteiger partial charge in [-0.3, -0.25) is 9.59 Å². The first-order chi connectivity index (χ1) is 12.5. The van der Waals surface area contributed by atoms with Crippen LogP contribution in [0, 0.1) is 0 Å². The summed E-state index contributed by atoms with van der Waals surface area (Å²) in [5.41, 5.74) is -0.159. The molecule has 8 heteroatoms. The minimum absolute atomic E-state index is 0.206. The molecule has 0 radical (unpaired) electrons. The number of anilines is 1. The lowest BCUT2D eigenvalue weighted by molar-refractivity contribution is -0.117. The summed E-state index contributed by atoms with van der Waals surface area (Å²) in [6, 6.07) is 13.6. The molecule has 7 nitrogen and oxygen atoms in total. The van der Waals surface area contributed by atoms with Gasteiger partial charge in [0.2, 0.25) is 5.91 Å². The zero-order valence-corrected chi connectivity index (χ0v) is 14.6. The van der Waals surface area contributed by atoms with Gasteiger partial charge in [-0.05, 0) is 24.5 Å². The molecule has 0 aliphatic rings. The number of amides is 1. The number of aromatic nitrogens is 2. The lowest BCUT2D eigenvalue weighted by Crippen LogP contribution is -2.31. The van der Waals surface area contributed by atoms with Gasteiger partial charge in [-0.1, -0.05) is 30.3 Å². The Hall–Kier alpha value is -3.13. The highest BCUT2D eigenvalue weighted by atomic mass is 32.2. The van der Waals surface area contributed by atoms with E-state index in [-0.39, 0.29) is 23.0 Å². The van der Waals surface area contributed by atoms with Gasteiger partial charge in [-0.2, -0.15) is 5.10 Å². The van der Waals surface area contributed by atoms with E-state index in [0.717, 1.165) is 9.58 Å². The Morgan fingerprint density at radius 3 is 2.46 bits per heavy atom. The summed E-state index contributed by atoms with van der Waals surface area (Å²) in [5.74, 6) is -1.73. The topological polar surface area (TPSA) is 101 Å². The van der Waals surface area contributed by atoms with E-state index in [0.29, 0.717) is 5.69 Å². The molecule has 132 valence electrons. The van der Waals surface area contributed by atoms with Gasteiger partial charge in [0.25, 0.3) is 5.56 Å². The molecule has 3 aromatic rings. The summed E-state index contributed by atoms with van der Waals surface area (Å²) in [5, 5.41) is 16.4. The van der Waals surface area contributed by atoms with E-state index in [1.54, 1.807) is 24.3 Å². The Balaban J connectivity index is 1.96. The number of hydrogen-bond donors (Lipinski definition) is 2. The Morgan fingerprint density at radius 1 is 1.12 bits per heavy atom. The largest absolute Gasteiger partial charge is 0.476 e. The second-order valence-corrected chi connectivity index (χ2v) is 6.26. The Morgan fingerprint density at radius 2 is 1.77 bits per heavy atom. The molecule has 0 aliphatic carbocycles. The number of thioether (sulfide) groups is 1. The van der Waals surface area contributed by atoms with E-state index in [4.69, 9.17) is 0 Å². The first-order valence-electron chi connectivity index (χ1n) is 7.67. The summed E-state index contributed by atoms with van der Waals surface area (Å²) in [6.45, 7) is -0.382. The van der Waals surface area contributed by atoms with Gasteiger partial charge in [0, 0.05) is 10.3 Å². The lowest BCUT2D eigenvalue weighted by atomic mass is 10.1. The lowest BCUT2D eigenvalue weighted by Gasteiger charge is -2.11. The molecular formula is C18H15N3O4S. The maximum atomic E-state index is 12.5. The zero-order valence-electron chi connectivity index (χ0n) is 13.8. The van der Waals surface area contributed by atoms with Crippen molar-refractivity contribution >= 4 is 40.1 Å². The average molecular weight is 369 g/mol. The van der Waals surface area contributed by atoms with Crippen molar-refractivity contribution in [1.82, 2.24) is 9.78 Å². The Labute approximate surface area is 152 Å². The predicted octanol–water partition coefficient (Wildman–Crippen LogP) is 2.46. The molecule has 0 spiro atoms. The number of carboxylic acid groups (broad SMARTS) is 1. The number of benzene rings is 2. The van der Waals surface area contributed by atoms with Crippen LogP contribution in [-0.2, 0) is 11.3 Å². The standard InChI is InChI=1S/C18H15N3O4S/c1-26-14-9-5-4-8-13(14)19-15(22)10-21-17(23)12-7-3-2-6-11(12)16(20-21)18(24)25/h2-9H,10H2,1H3,(H,19,22)(H,24,25). The van der Waals surface area contributed by atoms with Crippen LogP contribution < -0.4 is 10.9 Å². The average Bonchev–Trinajstić information content (AvgIpc) is 2.64. The number of carbonyl (C=O) groups excluding carboxylic acids is 1. The smallest absolute Gasteiger partial charge is 0.357 e. The normalized spacial score (nSPS) is 10.7.